The van der Waals surface area contributed by atoms with Gasteiger partial charge in [-0.3, -0.25) is 0 Å². The zero-order valence-electron chi connectivity index (χ0n) is 11.5. The van der Waals surface area contributed by atoms with Crippen LogP contribution in [0, 0.1) is 0 Å². The molecule has 2 aliphatic rings. The second kappa shape index (κ2) is 4.04. The predicted molar refractivity (Wildman–Crippen MR) is 80.8 cm³/mol. The third kappa shape index (κ3) is 1.92. The summed E-state index contributed by atoms with van der Waals surface area (Å²) in [5, 5.41) is 2.18. The van der Waals surface area contributed by atoms with Crippen molar-refractivity contribution in [3.63, 3.8) is 0 Å². The molecule has 0 aromatic carbocycles. The smallest absolute Gasteiger partial charge is 0.135 e. The lowest BCUT2D eigenvalue weighted by Crippen LogP contribution is -2.43. The van der Waals surface area contributed by atoms with E-state index in [1.54, 1.807) is 11.1 Å². The molecule has 0 saturated heterocycles. The number of ether oxygens (including phenoxy) is 1. The molecule has 0 radical (unpaired) electrons. The van der Waals surface area contributed by atoms with Crippen LogP contribution in [0.3, 0.4) is 0 Å². The van der Waals surface area contributed by atoms with E-state index in [0.29, 0.717) is 0 Å². The van der Waals surface area contributed by atoms with Crippen LogP contribution in [0.15, 0.2) is 22.6 Å². The summed E-state index contributed by atoms with van der Waals surface area (Å²) in [6.07, 6.45) is 2.30. The highest BCUT2D eigenvalue weighted by atomic mass is 32.2. The van der Waals surface area contributed by atoms with Crippen LogP contribution in [0.25, 0.3) is 0 Å². The van der Waals surface area contributed by atoms with Gasteiger partial charge in [-0.05, 0) is 45.6 Å². The molecule has 3 rings (SSSR count). The fraction of sp³-hybridized carbons (Fsp3) is 0.600. The monoisotopic (exact) mass is 280 g/mol. The molecule has 0 amide bonds. The number of fused-ring (bicyclic) bond motifs is 2. The van der Waals surface area contributed by atoms with E-state index in [-0.39, 0.29) is 10.3 Å². The average molecular weight is 280 g/mol. The lowest BCUT2D eigenvalue weighted by molar-refractivity contribution is 0.0671. The molecular formula is C15H20OS2. The van der Waals surface area contributed by atoms with Crippen LogP contribution >= 0.6 is 23.1 Å². The van der Waals surface area contributed by atoms with Gasteiger partial charge in [-0.1, -0.05) is 11.1 Å². The molecule has 0 fully saturated rings. The van der Waals surface area contributed by atoms with E-state index in [1.807, 2.05) is 11.3 Å². The molecule has 0 unspecified atom stereocenters. The first kappa shape index (κ1) is 12.6. The van der Waals surface area contributed by atoms with Crippen LogP contribution in [0.5, 0.6) is 5.75 Å². The number of thioether (sulfide) groups is 1. The molecule has 0 aliphatic carbocycles. The summed E-state index contributed by atoms with van der Waals surface area (Å²) >= 11 is 3.99. The van der Waals surface area contributed by atoms with Gasteiger partial charge in [0.25, 0.3) is 0 Å². The average Bonchev–Trinajstić information content (AvgIpc) is 2.71. The minimum atomic E-state index is -0.0490. The molecule has 98 valence electrons. The molecule has 3 heterocycles. The van der Waals surface area contributed by atoms with Crippen molar-refractivity contribution in [1.82, 2.24) is 0 Å². The highest BCUT2D eigenvalue weighted by Crippen LogP contribution is 2.58. The first-order valence-corrected chi connectivity index (χ1v) is 8.35. The predicted octanol–water partition coefficient (Wildman–Crippen LogP) is 4.98. The summed E-state index contributed by atoms with van der Waals surface area (Å²) < 4.78 is 6.39. The Morgan fingerprint density at radius 2 is 2.00 bits per heavy atom. The van der Waals surface area contributed by atoms with Gasteiger partial charge in [-0.2, -0.15) is 0 Å². The van der Waals surface area contributed by atoms with Gasteiger partial charge in [0.2, 0.25) is 0 Å². The van der Waals surface area contributed by atoms with Crippen molar-refractivity contribution in [1.29, 1.82) is 0 Å². The van der Waals surface area contributed by atoms with Crippen LogP contribution in [0.2, 0.25) is 0 Å². The summed E-state index contributed by atoms with van der Waals surface area (Å²) in [6.45, 7) is 9.01. The van der Waals surface area contributed by atoms with Crippen molar-refractivity contribution in [3.05, 3.63) is 27.5 Å². The van der Waals surface area contributed by atoms with Gasteiger partial charge in [0.05, 0.1) is 9.62 Å². The van der Waals surface area contributed by atoms with Crippen LogP contribution in [-0.4, -0.2) is 11.4 Å². The van der Waals surface area contributed by atoms with Crippen molar-refractivity contribution in [2.45, 2.75) is 50.9 Å². The van der Waals surface area contributed by atoms with Gasteiger partial charge in [0.15, 0.2) is 0 Å². The number of hydrogen-bond acceptors (Lipinski definition) is 3. The maximum Gasteiger partial charge on any atom is 0.135 e. The molecule has 0 saturated carbocycles. The van der Waals surface area contributed by atoms with Gasteiger partial charge in [-0.15, -0.1) is 23.1 Å². The lowest BCUT2D eigenvalue weighted by atomic mass is 9.83. The second-order valence-electron chi connectivity index (χ2n) is 6.17. The van der Waals surface area contributed by atoms with E-state index in [0.717, 1.165) is 12.2 Å². The van der Waals surface area contributed by atoms with E-state index in [1.165, 1.54) is 17.1 Å². The Morgan fingerprint density at radius 3 is 2.72 bits per heavy atom. The highest BCUT2D eigenvalue weighted by molar-refractivity contribution is 8.00. The Balaban J connectivity index is 2.08. The summed E-state index contributed by atoms with van der Waals surface area (Å²) in [5.41, 5.74) is 3.09. The largest absolute Gasteiger partial charge is 0.487 e. The maximum absolute atomic E-state index is 6.13. The van der Waals surface area contributed by atoms with Crippen LogP contribution in [0.1, 0.15) is 45.4 Å². The standard InChI is InChI=1S/C15H20OS2/c1-10-7-15(18-8-11(10)2)9-14(3,4)16-12-5-6-17-13(12)15/h5-6H,7-9H2,1-4H3/t15-/m1/s1. The van der Waals surface area contributed by atoms with Crippen molar-refractivity contribution < 1.29 is 4.74 Å². The van der Waals surface area contributed by atoms with E-state index >= 15 is 0 Å². The number of allylic oxidation sites excluding steroid dienone is 1. The molecule has 1 aromatic rings. The first-order valence-electron chi connectivity index (χ1n) is 6.48. The minimum absolute atomic E-state index is 0.0490. The van der Waals surface area contributed by atoms with Gasteiger partial charge < -0.3 is 4.74 Å². The molecule has 1 aromatic heterocycles. The lowest BCUT2D eigenvalue weighted by Gasteiger charge is -2.46. The molecule has 1 spiro atoms. The summed E-state index contributed by atoms with van der Waals surface area (Å²) in [5.74, 6) is 2.29. The van der Waals surface area contributed by atoms with Gasteiger partial charge in [-0.25, -0.2) is 0 Å². The molecule has 2 aliphatic heterocycles. The van der Waals surface area contributed by atoms with Gasteiger partial charge in [0, 0.05) is 12.2 Å². The van der Waals surface area contributed by atoms with Crippen molar-refractivity contribution >= 4 is 23.1 Å². The molecular weight excluding hydrogens is 260 g/mol. The van der Waals surface area contributed by atoms with Gasteiger partial charge >= 0.3 is 0 Å². The molecule has 0 bridgehead atoms. The molecule has 0 N–H and O–H groups in total. The third-order valence-corrected chi connectivity index (χ3v) is 6.84. The Labute approximate surface area is 118 Å². The molecule has 1 nitrogen and oxygen atoms in total. The number of hydrogen-bond donors (Lipinski definition) is 0. The van der Waals surface area contributed by atoms with E-state index in [4.69, 9.17) is 4.74 Å². The topological polar surface area (TPSA) is 9.23 Å². The Hall–Kier alpha value is -0.410. The SMILES string of the molecule is CC1=C(C)C[C@]2(CC(C)(C)Oc3ccsc32)SC1. The summed E-state index contributed by atoms with van der Waals surface area (Å²) in [6, 6.07) is 2.14. The minimum Gasteiger partial charge on any atom is -0.487 e. The molecule has 1 atom stereocenters. The molecule has 18 heavy (non-hydrogen) atoms. The van der Waals surface area contributed by atoms with Gasteiger partial charge in [0.1, 0.15) is 11.4 Å². The van der Waals surface area contributed by atoms with Crippen LogP contribution in [0.4, 0.5) is 0 Å². The number of thiophene rings is 1. The normalized spacial score (nSPS) is 30.2. The van der Waals surface area contributed by atoms with Crippen molar-refractivity contribution in [3.8, 4) is 5.75 Å². The van der Waals surface area contributed by atoms with Crippen LogP contribution < -0.4 is 4.74 Å². The third-order valence-electron chi connectivity index (χ3n) is 3.98. The van der Waals surface area contributed by atoms with E-state index in [9.17, 15) is 0 Å². The molecule has 3 heteroatoms. The second-order valence-corrected chi connectivity index (χ2v) is 8.45. The Morgan fingerprint density at radius 1 is 1.22 bits per heavy atom. The zero-order chi connectivity index (χ0) is 13.0. The number of rotatable bonds is 0. The quantitative estimate of drug-likeness (QED) is 0.620. The van der Waals surface area contributed by atoms with Crippen LogP contribution in [-0.2, 0) is 4.75 Å². The zero-order valence-corrected chi connectivity index (χ0v) is 13.1. The van der Waals surface area contributed by atoms with E-state index < -0.39 is 0 Å². The first-order chi connectivity index (χ1) is 8.42. The highest BCUT2D eigenvalue weighted by Gasteiger charge is 2.47. The maximum atomic E-state index is 6.13. The summed E-state index contributed by atoms with van der Waals surface area (Å²) in [7, 11) is 0. The Kier molecular flexibility index (Phi) is 2.83. The Bertz CT molecular complexity index is 512. The summed E-state index contributed by atoms with van der Waals surface area (Å²) in [4.78, 5) is 1.46. The fourth-order valence-electron chi connectivity index (χ4n) is 3.07. The van der Waals surface area contributed by atoms with Crippen molar-refractivity contribution in [2.24, 2.45) is 0 Å². The fourth-order valence-corrected chi connectivity index (χ4v) is 6.04. The van der Waals surface area contributed by atoms with E-state index in [2.05, 4.69) is 50.9 Å². The van der Waals surface area contributed by atoms with Crippen molar-refractivity contribution in [2.75, 3.05) is 5.75 Å².